The molecule has 168 valence electrons. The lowest BCUT2D eigenvalue weighted by Crippen LogP contribution is -2.38. The molecule has 1 fully saturated rings. The van der Waals surface area contributed by atoms with Gasteiger partial charge in [0.05, 0.1) is 11.9 Å². The van der Waals surface area contributed by atoms with Gasteiger partial charge in [-0.1, -0.05) is 55.0 Å². The van der Waals surface area contributed by atoms with Gasteiger partial charge in [-0.3, -0.25) is 9.59 Å². The molecule has 2 heterocycles. The van der Waals surface area contributed by atoms with Gasteiger partial charge >= 0.3 is 0 Å². The van der Waals surface area contributed by atoms with E-state index in [9.17, 15) is 9.59 Å². The third kappa shape index (κ3) is 5.25. The Morgan fingerprint density at radius 2 is 1.78 bits per heavy atom. The van der Waals surface area contributed by atoms with Gasteiger partial charge in [-0.25, -0.2) is 4.68 Å². The number of benzene rings is 2. The van der Waals surface area contributed by atoms with Crippen LogP contribution in [0.3, 0.4) is 0 Å². The lowest BCUT2D eigenvalue weighted by Gasteiger charge is -2.33. The number of fused-ring (bicyclic) bond motifs is 1. The molecule has 0 radical (unpaired) electrons. The molecule has 32 heavy (non-hydrogen) atoms. The van der Waals surface area contributed by atoms with Gasteiger partial charge in [0, 0.05) is 18.0 Å². The first-order valence-corrected chi connectivity index (χ1v) is 11.7. The maximum atomic E-state index is 13.0. The number of piperidine rings is 1. The minimum absolute atomic E-state index is 0.184. The van der Waals surface area contributed by atoms with Gasteiger partial charge in [0.25, 0.3) is 11.5 Å². The SMILES string of the molecule is CC1CCCCN1CCCCNC(=O)c1nn(Cc2ccccc2)c(=O)c2ccccc12. The number of nitrogens with zero attached hydrogens (tertiary/aromatic N) is 3. The van der Waals surface area contributed by atoms with E-state index in [4.69, 9.17) is 0 Å². The van der Waals surface area contributed by atoms with Crippen LogP contribution < -0.4 is 10.9 Å². The lowest BCUT2D eigenvalue weighted by molar-refractivity contribution is 0.0946. The molecule has 0 bridgehead atoms. The highest BCUT2D eigenvalue weighted by Gasteiger charge is 2.18. The predicted octanol–water partition coefficient (Wildman–Crippen LogP) is 3.83. The van der Waals surface area contributed by atoms with E-state index >= 15 is 0 Å². The Morgan fingerprint density at radius 3 is 2.56 bits per heavy atom. The van der Waals surface area contributed by atoms with Crippen LogP contribution in [0.25, 0.3) is 10.8 Å². The molecule has 0 aliphatic carbocycles. The van der Waals surface area contributed by atoms with Gasteiger partial charge in [-0.05, 0) is 57.3 Å². The Morgan fingerprint density at radius 1 is 1.03 bits per heavy atom. The zero-order valence-electron chi connectivity index (χ0n) is 18.8. The van der Waals surface area contributed by atoms with Crippen LogP contribution in [0.4, 0.5) is 0 Å². The number of hydrogen-bond acceptors (Lipinski definition) is 4. The Bertz CT molecular complexity index is 1110. The maximum absolute atomic E-state index is 13.0. The third-order valence-electron chi connectivity index (χ3n) is 6.36. The molecule has 1 unspecified atom stereocenters. The molecule has 0 spiro atoms. The topological polar surface area (TPSA) is 67.2 Å². The normalized spacial score (nSPS) is 16.8. The first-order chi connectivity index (χ1) is 15.6. The zero-order valence-corrected chi connectivity index (χ0v) is 18.8. The molecular formula is C26H32N4O2. The summed E-state index contributed by atoms with van der Waals surface area (Å²) in [6.45, 7) is 5.52. The number of aromatic nitrogens is 2. The Balaban J connectivity index is 1.43. The zero-order chi connectivity index (χ0) is 22.3. The molecule has 1 aromatic heterocycles. The second kappa shape index (κ2) is 10.6. The van der Waals surface area contributed by atoms with Crippen LogP contribution >= 0.6 is 0 Å². The first-order valence-electron chi connectivity index (χ1n) is 11.7. The van der Waals surface area contributed by atoms with Gasteiger partial charge in [-0.15, -0.1) is 0 Å². The number of carbonyl (C=O) groups excluding carboxylic acids is 1. The highest BCUT2D eigenvalue weighted by Crippen LogP contribution is 2.17. The van der Waals surface area contributed by atoms with Crippen LogP contribution in [0, 0.1) is 0 Å². The Kier molecular flexibility index (Phi) is 7.32. The molecule has 1 atom stereocenters. The highest BCUT2D eigenvalue weighted by molar-refractivity contribution is 6.04. The molecule has 1 aliphatic rings. The smallest absolute Gasteiger partial charge is 0.274 e. The summed E-state index contributed by atoms with van der Waals surface area (Å²) in [5, 5.41) is 8.59. The van der Waals surface area contributed by atoms with Crippen LogP contribution in [0.1, 0.15) is 55.1 Å². The molecule has 2 aromatic carbocycles. The molecule has 1 saturated heterocycles. The average molecular weight is 433 g/mol. The van der Waals surface area contributed by atoms with E-state index in [2.05, 4.69) is 22.2 Å². The molecule has 3 aromatic rings. The number of hydrogen-bond donors (Lipinski definition) is 1. The monoisotopic (exact) mass is 432 g/mol. The van der Waals surface area contributed by atoms with Crippen LogP contribution in [0.2, 0.25) is 0 Å². The second-order valence-corrected chi connectivity index (χ2v) is 8.69. The average Bonchev–Trinajstić information content (AvgIpc) is 2.82. The summed E-state index contributed by atoms with van der Waals surface area (Å²) in [5.74, 6) is -0.227. The van der Waals surface area contributed by atoms with Crippen molar-refractivity contribution < 1.29 is 4.79 Å². The summed E-state index contributed by atoms with van der Waals surface area (Å²) in [6, 6.07) is 17.6. The minimum atomic E-state index is -0.227. The van der Waals surface area contributed by atoms with Crippen molar-refractivity contribution in [1.82, 2.24) is 20.0 Å². The Hall–Kier alpha value is -2.99. The number of rotatable bonds is 8. The molecule has 4 rings (SSSR count). The second-order valence-electron chi connectivity index (χ2n) is 8.69. The number of unbranched alkanes of at least 4 members (excludes halogenated alkanes) is 1. The first kappa shape index (κ1) is 22.2. The van der Waals surface area contributed by atoms with Crippen LogP contribution in [0.5, 0.6) is 0 Å². The van der Waals surface area contributed by atoms with E-state index < -0.39 is 0 Å². The number of likely N-dealkylation sites (tertiary alicyclic amines) is 1. The van der Waals surface area contributed by atoms with E-state index in [-0.39, 0.29) is 11.5 Å². The summed E-state index contributed by atoms with van der Waals surface area (Å²) in [7, 11) is 0. The van der Waals surface area contributed by atoms with Gasteiger partial charge in [0.1, 0.15) is 0 Å². The minimum Gasteiger partial charge on any atom is -0.351 e. The summed E-state index contributed by atoms with van der Waals surface area (Å²) < 4.78 is 1.39. The van der Waals surface area contributed by atoms with Gasteiger partial charge in [0.15, 0.2) is 5.69 Å². The molecule has 0 saturated carbocycles. The van der Waals surface area contributed by atoms with Crippen molar-refractivity contribution in [3.05, 3.63) is 76.2 Å². The summed E-state index contributed by atoms with van der Waals surface area (Å²) in [4.78, 5) is 28.5. The van der Waals surface area contributed by atoms with E-state index in [1.54, 1.807) is 12.1 Å². The van der Waals surface area contributed by atoms with Crippen LogP contribution in [-0.2, 0) is 6.54 Å². The summed E-state index contributed by atoms with van der Waals surface area (Å²) in [5.41, 5.74) is 1.09. The number of amides is 1. The van der Waals surface area contributed by atoms with Gasteiger partial charge in [-0.2, -0.15) is 5.10 Å². The van der Waals surface area contributed by atoms with Crippen molar-refractivity contribution in [3.63, 3.8) is 0 Å². The van der Waals surface area contributed by atoms with E-state index in [1.807, 2.05) is 42.5 Å². The third-order valence-corrected chi connectivity index (χ3v) is 6.36. The summed E-state index contributed by atoms with van der Waals surface area (Å²) >= 11 is 0. The predicted molar refractivity (Wildman–Crippen MR) is 128 cm³/mol. The van der Waals surface area contributed by atoms with Crippen LogP contribution in [-0.4, -0.2) is 46.3 Å². The van der Waals surface area contributed by atoms with Crippen molar-refractivity contribution in [2.45, 2.75) is 51.6 Å². The van der Waals surface area contributed by atoms with Crippen molar-refractivity contribution in [2.75, 3.05) is 19.6 Å². The fraction of sp³-hybridized carbons (Fsp3) is 0.423. The lowest BCUT2D eigenvalue weighted by atomic mass is 10.0. The quantitative estimate of drug-likeness (QED) is 0.550. The fourth-order valence-corrected chi connectivity index (χ4v) is 4.48. The fourth-order valence-electron chi connectivity index (χ4n) is 4.48. The number of carbonyl (C=O) groups is 1. The maximum Gasteiger partial charge on any atom is 0.274 e. The molecule has 1 amide bonds. The molecule has 6 heteroatoms. The summed E-state index contributed by atoms with van der Waals surface area (Å²) in [6.07, 6.45) is 5.90. The molecular weight excluding hydrogens is 400 g/mol. The molecule has 1 N–H and O–H groups in total. The van der Waals surface area contributed by atoms with Gasteiger partial charge < -0.3 is 10.2 Å². The van der Waals surface area contributed by atoms with Crippen molar-refractivity contribution >= 4 is 16.7 Å². The highest BCUT2D eigenvalue weighted by atomic mass is 16.2. The van der Waals surface area contributed by atoms with Crippen LogP contribution in [0.15, 0.2) is 59.4 Å². The van der Waals surface area contributed by atoms with Crippen molar-refractivity contribution in [1.29, 1.82) is 0 Å². The molecule has 1 aliphatic heterocycles. The van der Waals surface area contributed by atoms with Gasteiger partial charge in [0.2, 0.25) is 0 Å². The van der Waals surface area contributed by atoms with E-state index in [1.165, 1.54) is 30.5 Å². The van der Waals surface area contributed by atoms with E-state index in [0.717, 1.165) is 24.9 Å². The van der Waals surface area contributed by atoms with E-state index in [0.29, 0.717) is 35.6 Å². The Labute approximate surface area is 189 Å². The van der Waals surface area contributed by atoms with Crippen molar-refractivity contribution in [3.8, 4) is 0 Å². The largest absolute Gasteiger partial charge is 0.351 e. The van der Waals surface area contributed by atoms with Crippen molar-refractivity contribution in [2.24, 2.45) is 0 Å². The molecule has 6 nitrogen and oxygen atoms in total. The number of nitrogens with one attached hydrogen (secondary N) is 1. The standard InChI is InChI=1S/C26H32N4O2/c1-20-11-7-9-17-29(20)18-10-8-16-27-25(31)24-22-14-5-6-15-23(22)26(32)30(28-24)19-21-12-3-2-4-13-21/h2-6,12-15,20H,7-11,16-19H2,1H3,(H,27,31).